The van der Waals surface area contributed by atoms with Crippen LogP contribution in [-0.2, 0) is 0 Å². The predicted octanol–water partition coefficient (Wildman–Crippen LogP) is 5.03. The van der Waals surface area contributed by atoms with Gasteiger partial charge in [-0.3, -0.25) is 4.98 Å². The van der Waals surface area contributed by atoms with E-state index in [0.29, 0.717) is 6.61 Å². The lowest BCUT2D eigenvalue weighted by Gasteiger charge is -2.21. The highest BCUT2D eigenvalue weighted by molar-refractivity contribution is 5.85. The lowest BCUT2D eigenvalue weighted by molar-refractivity contribution is 0.248. The molecule has 0 amide bonds. The third kappa shape index (κ3) is 3.52. The van der Waals surface area contributed by atoms with E-state index in [0.717, 1.165) is 34.7 Å². The summed E-state index contributed by atoms with van der Waals surface area (Å²) in [5, 5.41) is 0.768. The van der Waals surface area contributed by atoms with E-state index in [-0.39, 0.29) is 5.82 Å². The van der Waals surface area contributed by atoms with Crippen LogP contribution in [0.4, 0.5) is 4.39 Å². The van der Waals surface area contributed by atoms with Crippen molar-refractivity contribution in [2.75, 3.05) is 6.61 Å². The van der Waals surface area contributed by atoms with Gasteiger partial charge < -0.3 is 4.74 Å². The van der Waals surface area contributed by atoms with E-state index in [2.05, 4.69) is 4.98 Å². The molecule has 0 N–H and O–H groups in total. The van der Waals surface area contributed by atoms with Gasteiger partial charge in [-0.1, -0.05) is 32.1 Å². The molecule has 1 fully saturated rings. The molecule has 2 aromatic rings. The summed E-state index contributed by atoms with van der Waals surface area (Å²) >= 11 is 0. The highest BCUT2D eigenvalue weighted by Gasteiger charge is 2.14. The molecule has 2 nitrogen and oxygen atoms in total. The Morgan fingerprint density at radius 3 is 2.81 bits per heavy atom. The molecule has 1 aromatic carbocycles. The Balaban J connectivity index is 1.71. The molecule has 0 atom stereocenters. The third-order valence-electron chi connectivity index (χ3n) is 4.37. The van der Waals surface area contributed by atoms with Crippen molar-refractivity contribution < 1.29 is 9.13 Å². The standard InChI is InChI=1S/C18H22FNO/c1-13-11-18(16-12-15(19)7-8-17(16)20-13)21-10-9-14-5-3-2-4-6-14/h7-8,11-12,14H,2-6,9-10H2,1H3. The first-order chi connectivity index (χ1) is 10.2. The molecular weight excluding hydrogens is 265 g/mol. The Kier molecular flexibility index (Phi) is 4.37. The van der Waals surface area contributed by atoms with Gasteiger partial charge in [-0.05, 0) is 37.5 Å². The molecule has 0 spiro atoms. The van der Waals surface area contributed by atoms with Crippen molar-refractivity contribution in [2.45, 2.75) is 45.4 Å². The molecule has 0 saturated heterocycles. The van der Waals surface area contributed by atoms with Crippen LogP contribution in [0.2, 0.25) is 0 Å². The minimum Gasteiger partial charge on any atom is -0.493 e. The molecule has 0 unspecified atom stereocenters. The number of aromatic nitrogens is 1. The van der Waals surface area contributed by atoms with Crippen LogP contribution in [0.3, 0.4) is 0 Å². The molecule has 0 aliphatic heterocycles. The second-order valence-electron chi connectivity index (χ2n) is 6.06. The number of fused-ring (bicyclic) bond motifs is 1. The van der Waals surface area contributed by atoms with Gasteiger partial charge >= 0.3 is 0 Å². The summed E-state index contributed by atoms with van der Waals surface area (Å²) in [7, 11) is 0. The number of hydrogen-bond acceptors (Lipinski definition) is 2. The van der Waals surface area contributed by atoms with Gasteiger partial charge in [0.25, 0.3) is 0 Å². The molecule has 112 valence electrons. The van der Waals surface area contributed by atoms with Crippen LogP contribution >= 0.6 is 0 Å². The maximum atomic E-state index is 13.4. The number of nitrogens with zero attached hydrogens (tertiary/aromatic N) is 1. The monoisotopic (exact) mass is 287 g/mol. The van der Waals surface area contributed by atoms with Gasteiger partial charge in [0.1, 0.15) is 11.6 Å². The fraction of sp³-hybridized carbons (Fsp3) is 0.500. The summed E-state index contributed by atoms with van der Waals surface area (Å²) in [6.07, 6.45) is 7.84. The topological polar surface area (TPSA) is 22.1 Å². The Morgan fingerprint density at radius 1 is 1.19 bits per heavy atom. The van der Waals surface area contributed by atoms with E-state index in [9.17, 15) is 4.39 Å². The van der Waals surface area contributed by atoms with E-state index in [1.807, 2.05) is 13.0 Å². The van der Waals surface area contributed by atoms with Crippen molar-refractivity contribution in [3.05, 3.63) is 35.8 Å². The minimum atomic E-state index is -0.245. The number of pyridine rings is 1. The Labute approximate surface area is 125 Å². The van der Waals surface area contributed by atoms with E-state index in [4.69, 9.17) is 4.74 Å². The number of benzene rings is 1. The summed E-state index contributed by atoms with van der Waals surface area (Å²) < 4.78 is 19.4. The highest BCUT2D eigenvalue weighted by Crippen LogP contribution is 2.29. The van der Waals surface area contributed by atoms with Crippen molar-refractivity contribution in [3.8, 4) is 5.75 Å². The van der Waals surface area contributed by atoms with E-state index < -0.39 is 0 Å². The Morgan fingerprint density at radius 2 is 2.00 bits per heavy atom. The van der Waals surface area contributed by atoms with Crippen LogP contribution in [-0.4, -0.2) is 11.6 Å². The van der Waals surface area contributed by atoms with Crippen LogP contribution in [0.5, 0.6) is 5.75 Å². The van der Waals surface area contributed by atoms with Crippen molar-refractivity contribution in [2.24, 2.45) is 5.92 Å². The van der Waals surface area contributed by atoms with Crippen molar-refractivity contribution in [1.29, 1.82) is 0 Å². The highest BCUT2D eigenvalue weighted by atomic mass is 19.1. The van der Waals surface area contributed by atoms with Crippen molar-refractivity contribution >= 4 is 10.9 Å². The lowest BCUT2D eigenvalue weighted by Crippen LogP contribution is -2.11. The molecule has 1 saturated carbocycles. The van der Waals surface area contributed by atoms with Crippen LogP contribution in [0.25, 0.3) is 10.9 Å². The zero-order valence-corrected chi connectivity index (χ0v) is 12.6. The number of ether oxygens (including phenoxy) is 1. The van der Waals surface area contributed by atoms with Crippen molar-refractivity contribution in [1.82, 2.24) is 4.98 Å². The van der Waals surface area contributed by atoms with E-state index in [1.54, 1.807) is 6.07 Å². The Hall–Kier alpha value is -1.64. The summed E-state index contributed by atoms with van der Waals surface area (Å²) in [5.41, 5.74) is 1.70. The summed E-state index contributed by atoms with van der Waals surface area (Å²) in [6.45, 7) is 2.65. The minimum absolute atomic E-state index is 0.245. The quantitative estimate of drug-likeness (QED) is 0.786. The number of rotatable bonds is 4. The zero-order chi connectivity index (χ0) is 14.7. The molecule has 1 aliphatic carbocycles. The number of halogens is 1. The fourth-order valence-electron chi connectivity index (χ4n) is 3.22. The first-order valence-corrected chi connectivity index (χ1v) is 7.92. The lowest BCUT2D eigenvalue weighted by atomic mass is 9.87. The number of hydrogen-bond donors (Lipinski definition) is 0. The molecule has 1 aromatic heterocycles. The van der Waals surface area contributed by atoms with E-state index >= 15 is 0 Å². The van der Waals surface area contributed by atoms with Crippen LogP contribution in [0.15, 0.2) is 24.3 Å². The second-order valence-corrected chi connectivity index (χ2v) is 6.06. The summed E-state index contributed by atoms with van der Waals surface area (Å²) in [6, 6.07) is 6.58. The molecule has 3 heteroatoms. The smallest absolute Gasteiger partial charge is 0.130 e. The molecular formula is C18H22FNO. The average Bonchev–Trinajstić information content (AvgIpc) is 2.49. The van der Waals surface area contributed by atoms with Crippen molar-refractivity contribution in [3.63, 3.8) is 0 Å². The fourth-order valence-corrected chi connectivity index (χ4v) is 3.22. The summed E-state index contributed by atoms with van der Waals surface area (Å²) in [4.78, 5) is 4.43. The molecule has 1 heterocycles. The van der Waals surface area contributed by atoms with Gasteiger partial charge in [0.15, 0.2) is 0 Å². The first kappa shape index (κ1) is 14.3. The first-order valence-electron chi connectivity index (χ1n) is 7.92. The van der Waals surface area contributed by atoms with Gasteiger partial charge in [-0.15, -0.1) is 0 Å². The van der Waals surface area contributed by atoms with Gasteiger partial charge in [-0.2, -0.15) is 0 Å². The van der Waals surface area contributed by atoms with Gasteiger partial charge in [0, 0.05) is 17.1 Å². The van der Waals surface area contributed by atoms with Gasteiger partial charge in [-0.25, -0.2) is 4.39 Å². The predicted molar refractivity (Wildman–Crippen MR) is 83.1 cm³/mol. The third-order valence-corrected chi connectivity index (χ3v) is 4.37. The Bertz CT molecular complexity index is 620. The van der Waals surface area contributed by atoms with Gasteiger partial charge in [0.2, 0.25) is 0 Å². The van der Waals surface area contributed by atoms with Gasteiger partial charge in [0.05, 0.1) is 12.1 Å². The molecule has 21 heavy (non-hydrogen) atoms. The average molecular weight is 287 g/mol. The van der Waals surface area contributed by atoms with Crippen LogP contribution in [0.1, 0.15) is 44.2 Å². The van der Waals surface area contributed by atoms with Crippen LogP contribution < -0.4 is 4.74 Å². The molecule has 0 bridgehead atoms. The maximum absolute atomic E-state index is 13.4. The largest absolute Gasteiger partial charge is 0.493 e. The maximum Gasteiger partial charge on any atom is 0.130 e. The normalized spacial score (nSPS) is 16.3. The molecule has 3 rings (SSSR count). The van der Waals surface area contributed by atoms with E-state index in [1.165, 1.54) is 44.2 Å². The number of aryl methyl sites for hydroxylation is 1. The zero-order valence-electron chi connectivity index (χ0n) is 12.6. The van der Waals surface area contributed by atoms with Crippen LogP contribution in [0, 0.1) is 18.7 Å². The summed E-state index contributed by atoms with van der Waals surface area (Å²) in [5.74, 6) is 1.31. The molecule has 1 aliphatic rings. The molecule has 0 radical (unpaired) electrons. The SMILES string of the molecule is Cc1cc(OCCC2CCCCC2)c2cc(F)ccc2n1. The second kappa shape index (κ2) is 6.42.